The fourth-order valence-corrected chi connectivity index (χ4v) is 2.95. The third-order valence-corrected chi connectivity index (χ3v) is 4.19. The van der Waals surface area contributed by atoms with Crippen molar-refractivity contribution in [3.63, 3.8) is 0 Å². The van der Waals surface area contributed by atoms with Crippen LogP contribution >= 0.6 is 0 Å². The molecule has 1 aliphatic heterocycles. The van der Waals surface area contributed by atoms with E-state index in [9.17, 15) is 14.4 Å². The summed E-state index contributed by atoms with van der Waals surface area (Å²) >= 11 is 0. The van der Waals surface area contributed by atoms with E-state index in [0.29, 0.717) is 17.1 Å². The Morgan fingerprint density at radius 1 is 1.14 bits per heavy atom. The van der Waals surface area contributed by atoms with Crippen molar-refractivity contribution in [2.45, 2.75) is 46.3 Å². The van der Waals surface area contributed by atoms with Gasteiger partial charge in [-0.15, -0.1) is 0 Å². The molecule has 0 saturated carbocycles. The van der Waals surface area contributed by atoms with E-state index in [2.05, 4.69) is 5.32 Å². The number of hydrogen-bond acceptors (Lipinski definition) is 6. The first-order valence-corrected chi connectivity index (χ1v) is 9.29. The molecule has 8 nitrogen and oxygen atoms in total. The molecule has 2 rings (SSSR count). The smallest absolute Gasteiger partial charge is 0.418 e. The third-order valence-electron chi connectivity index (χ3n) is 4.19. The lowest BCUT2D eigenvalue weighted by Crippen LogP contribution is -2.61. The zero-order valence-electron chi connectivity index (χ0n) is 17.9. The molecule has 1 aromatic rings. The van der Waals surface area contributed by atoms with Crippen LogP contribution in [0.15, 0.2) is 23.9 Å². The van der Waals surface area contributed by atoms with Gasteiger partial charge in [-0.05, 0) is 50.5 Å². The number of carbonyl (C=O) groups excluding carboxylic acids is 3. The molecule has 0 aromatic heterocycles. The highest BCUT2D eigenvalue weighted by Crippen LogP contribution is 2.29. The molecule has 1 heterocycles. The van der Waals surface area contributed by atoms with Gasteiger partial charge in [0.2, 0.25) is 5.91 Å². The van der Waals surface area contributed by atoms with E-state index in [1.54, 1.807) is 52.8 Å². The van der Waals surface area contributed by atoms with E-state index in [1.807, 2.05) is 0 Å². The van der Waals surface area contributed by atoms with Crippen molar-refractivity contribution in [2.24, 2.45) is 5.92 Å². The van der Waals surface area contributed by atoms with Gasteiger partial charge in [0.1, 0.15) is 17.3 Å². The first-order valence-electron chi connectivity index (χ1n) is 9.29. The van der Waals surface area contributed by atoms with E-state index in [1.165, 1.54) is 20.3 Å². The number of ether oxygens (including phenoxy) is 3. The molecule has 0 radical (unpaired) electrons. The van der Waals surface area contributed by atoms with Gasteiger partial charge in [0.05, 0.1) is 14.2 Å². The first-order chi connectivity index (χ1) is 13.5. The van der Waals surface area contributed by atoms with Gasteiger partial charge in [0.25, 0.3) is 5.91 Å². The van der Waals surface area contributed by atoms with Crippen LogP contribution in [0.4, 0.5) is 4.79 Å². The number of benzene rings is 1. The summed E-state index contributed by atoms with van der Waals surface area (Å²) in [7, 11) is 3.02. The minimum Gasteiger partial charge on any atom is -0.493 e. The highest BCUT2D eigenvalue weighted by atomic mass is 16.6. The molecule has 1 atom stereocenters. The van der Waals surface area contributed by atoms with Gasteiger partial charge < -0.3 is 19.5 Å². The maximum Gasteiger partial charge on any atom is 0.418 e. The molecule has 1 fully saturated rings. The highest BCUT2D eigenvalue weighted by molar-refractivity contribution is 6.13. The zero-order chi connectivity index (χ0) is 21.9. The summed E-state index contributed by atoms with van der Waals surface area (Å²) in [6.07, 6.45) is 0.630. The maximum atomic E-state index is 13.1. The SMILES string of the molecule is COc1ccc(/C=C2\NC(=O)[C@H](C(C)C)N(C(=O)OC(C)(C)C)C2=O)cc1OC. The fourth-order valence-electron chi connectivity index (χ4n) is 2.95. The van der Waals surface area contributed by atoms with Gasteiger partial charge in [-0.2, -0.15) is 0 Å². The number of nitrogens with one attached hydrogen (secondary N) is 1. The molecular weight excluding hydrogens is 376 g/mol. The van der Waals surface area contributed by atoms with Gasteiger partial charge in [-0.25, -0.2) is 9.69 Å². The van der Waals surface area contributed by atoms with Crippen molar-refractivity contribution >= 4 is 24.0 Å². The molecule has 1 N–H and O–H groups in total. The van der Waals surface area contributed by atoms with Crippen LogP contribution in [0.2, 0.25) is 0 Å². The topological polar surface area (TPSA) is 94.2 Å². The number of carbonyl (C=O) groups is 3. The Kier molecular flexibility index (Phi) is 6.56. The standard InChI is InChI=1S/C21H28N2O6/c1-12(2)17-18(24)22-14(19(25)23(17)20(26)29-21(3,4)5)10-13-8-9-15(27-6)16(11-13)28-7/h8-12,17H,1-7H3,(H,22,24)/b14-10-/t17-/m0/s1. The van der Waals surface area contributed by atoms with E-state index < -0.39 is 29.6 Å². The number of methoxy groups -OCH3 is 2. The number of nitrogens with zero attached hydrogens (tertiary/aromatic N) is 1. The Hall–Kier alpha value is -3.03. The number of amides is 3. The van der Waals surface area contributed by atoms with Crippen LogP contribution in [-0.4, -0.2) is 48.7 Å². The molecule has 0 aliphatic carbocycles. The minimum atomic E-state index is -0.958. The van der Waals surface area contributed by atoms with Crippen LogP contribution < -0.4 is 14.8 Å². The first kappa shape index (κ1) is 22.3. The van der Waals surface area contributed by atoms with Crippen molar-refractivity contribution in [2.75, 3.05) is 14.2 Å². The van der Waals surface area contributed by atoms with Crippen molar-refractivity contribution in [1.82, 2.24) is 10.2 Å². The van der Waals surface area contributed by atoms with Gasteiger partial charge in [-0.3, -0.25) is 9.59 Å². The maximum absolute atomic E-state index is 13.1. The molecular formula is C21H28N2O6. The normalized spacial score (nSPS) is 18.7. The number of hydrogen-bond donors (Lipinski definition) is 1. The predicted octanol–water partition coefficient (Wildman–Crippen LogP) is 2.96. The molecule has 8 heteroatoms. The van der Waals surface area contributed by atoms with Crippen molar-refractivity contribution in [3.05, 3.63) is 29.5 Å². The average Bonchev–Trinajstić information content (AvgIpc) is 2.62. The van der Waals surface area contributed by atoms with Crippen LogP contribution in [-0.2, 0) is 14.3 Å². The zero-order valence-corrected chi connectivity index (χ0v) is 17.9. The van der Waals surface area contributed by atoms with Gasteiger partial charge >= 0.3 is 6.09 Å². The summed E-state index contributed by atoms with van der Waals surface area (Å²) in [6, 6.07) is 4.10. The Balaban J connectivity index is 2.45. The van der Waals surface area contributed by atoms with E-state index in [0.717, 1.165) is 4.90 Å². The number of imide groups is 1. The quantitative estimate of drug-likeness (QED) is 0.776. The van der Waals surface area contributed by atoms with Crippen LogP contribution in [0.3, 0.4) is 0 Å². The van der Waals surface area contributed by atoms with Gasteiger partial charge in [-0.1, -0.05) is 19.9 Å². The summed E-state index contributed by atoms with van der Waals surface area (Å²) in [6.45, 7) is 8.62. The molecule has 0 bridgehead atoms. The van der Waals surface area contributed by atoms with Gasteiger partial charge in [0.15, 0.2) is 11.5 Å². The lowest BCUT2D eigenvalue weighted by molar-refractivity contribution is -0.143. The summed E-state index contributed by atoms with van der Waals surface area (Å²) in [5.74, 6) is -0.358. The Morgan fingerprint density at radius 2 is 1.76 bits per heavy atom. The highest BCUT2D eigenvalue weighted by Gasteiger charge is 2.44. The lowest BCUT2D eigenvalue weighted by atomic mass is 9.98. The second kappa shape index (κ2) is 8.55. The van der Waals surface area contributed by atoms with E-state index >= 15 is 0 Å². The fraction of sp³-hybridized carbons (Fsp3) is 0.476. The largest absolute Gasteiger partial charge is 0.493 e. The summed E-state index contributed by atoms with van der Waals surface area (Å²) in [4.78, 5) is 39.4. The summed E-state index contributed by atoms with van der Waals surface area (Å²) in [5, 5.41) is 2.61. The van der Waals surface area contributed by atoms with Crippen molar-refractivity contribution in [1.29, 1.82) is 0 Å². The van der Waals surface area contributed by atoms with Crippen LogP contribution in [0.1, 0.15) is 40.2 Å². The Labute approximate surface area is 170 Å². The van der Waals surface area contributed by atoms with E-state index in [4.69, 9.17) is 14.2 Å². The minimum absolute atomic E-state index is 0.0232. The van der Waals surface area contributed by atoms with Crippen LogP contribution in [0.5, 0.6) is 11.5 Å². The van der Waals surface area contributed by atoms with Crippen molar-refractivity contribution < 1.29 is 28.6 Å². The second-order valence-electron chi connectivity index (χ2n) is 8.01. The Bertz CT molecular complexity index is 838. The molecule has 0 spiro atoms. The molecule has 1 aliphatic rings. The monoisotopic (exact) mass is 404 g/mol. The van der Waals surface area contributed by atoms with Crippen LogP contribution in [0, 0.1) is 5.92 Å². The third kappa shape index (κ3) is 5.07. The molecule has 1 aromatic carbocycles. The summed E-state index contributed by atoms with van der Waals surface area (Å²) in [5.41, 5.74) is -0.233. The predicted molar refractivity (Wildman–Crippen MR) is 107 cm³/mol. The molecule has 1 saturated heterocycles. The number of rotatable bonds is 4. The average molecular weight is 404 g/mol. The van der Waals surface area contributed by atoms with E-state index in [-0.39, 0.29) is 11.6 Å². The molecule has 29 heavy (non-hydrogen) atoms. The molecule has 158 valence electrons. The van der Waals surface area contributed by atoms with Crippen molar-refractivity contribution in [3.8, 4) is 11.5 Å². The number of piperazine rings is 1. The lowest BCUT2D eigenvalue weighted by Gasteiger charge is -2.37. The Morgan fingerprint density at radius 3 is 2.28 bits per heavy atom. The van der Waals surface area contributed by atoms with Gasteiger partial charge in [0, 0.05) is 0 Å². The molecule has 3 amide bonds. The van der Waals surface area contributed by atoms with Crippen LogP contribution in [0.25, 0.3) is 6.08 Å². The second-order valence-corrected chi connectivity index (χ2v) is 8.01. The summed E-state index contributed by atoms with van der Waals surface area (Å²) < 4.78 is 15.8. The molecule has 0 unspecified atom stereocenters.